The maximum atomic E-state index is 12.4. The third-order valence-corrected chi connectivity index (χ3v) is 3.74. The van der Waals surface area contributed by atoms with E-state index < -0.39 is 0 Å². The number of anilines is 1. The molecule has 0 saturated carbocycles. The first-order valence-electron chi connectivity index (χ1n) is 7.35. The molecule has 0 fully saturated rings. The zero-order chi connectivity index (χ0) is 17.0. The summed E-state index contributed by atoms with van der Waals surface area (Å²) in [5.41, 5.74) is 2.62. The second kappa shape index (κ2) is 7.42. The van der Waals surface area contributed by atoms with Crippen LogP contribution in [0.2, 0.25) is 0 Å². The highest BCUT2D eigenvalue weighted by Crippen LogP contribution is 2.20. The molecule has 0 saturated heterocycles. The zero-order valence-corrected chi connectivity index (χ0v) is 14.9. The van der Waals surface area contributed by atoms with Crippen LogP contribution in [-0.4, -0.2) is 17.9 Å². The van der Waals surface area contributed by atoms with Gasteiger partial charge >= 0.3 is 0 Å². The molecule has 4 nitrogen and oxygen atoms in total. The first kappa shape index (κ1) is 17.2. The van der Waals surface area contributed by atoms with Crippen LogP contribution in [0, 0.1) is 6.92 Å². The van der Waals surface area contributed by atoms with Crippen LogP contribution >= 0.6 is 15.9 Å². The van der Waals surface area contributed by atoms with Crippen LogP contribution in [0.15, 0.2) is 46.9 Å². The number of carbonyl (C=O) groups excluding carboxylic acids is 2. The smallest absolute Gasteiger partial charge is 0.255 e. The van der Waals surface area contributed by atoms with E-state index >= 15 is 0 Å². The van der Waals surface area contributed by atoms with E-state index in [1.54, 1.807) is 24.3 Å². The highest BCUT2D eigenvalue weighted by Gasteiger charge is 2.12. The number of hydrogen-bond donors (Lipinski definition) is 2. The van der Waals surface area contributed by atoms with Gasteiger partial charge in [0.2, 0.25) is 0 Å². The number of amides is 2. The van der Waals surface area contributed by atoms with E-state index in [1.165, 1.54) is 0 Å². The van der Waals surface area contributed by atoms with Crippen molar-refractivity contribution in [1.29, 1.82) is 0 Å². The molecule has 0 spiro atoms. The lowest BCUT2D eigenvalue weighted by Crippen LogP contribution is -2.30. The van der Waals surface area contributed by atoms with Crippen molar-refractivity contribution in [3.8, 4) is 0 Å². The zero-order valence-electron chi connectivity index (χ0n) is 13.3. The lowest BCUT2D eigenvalue weighted by molar-refractivity contribution is 0.0943. The SMILES string of the molecule is Cc1cc(Br)ccc1NC(=O)c1cccc(C(=O)NC(C)C)c1. The largest absolute Gasteiger partial charge is 0.350 e. The number of nitrogens with one attached hydrogen (secondary N) is 2. The van der Waals surface area contributed by atoms with Crippen molar-refractivity contribution in [3.05, 3.63) is 63.6 Å². The number of halogens is 1. The van der Waals surface area contributed by atoms with Gasteiger partial charge in [-0.1, -0.05) is 22.0 Å². The van der Waals surface area contributed by atoms with E-state index in [4.69, 9.17) is 0 Å². The summed E-state index contributed by atoms with van der Waals surface area (Å²) < 4.78 is 0.959. The van der Waals surface area contributed by atoms with Gasteiger partial charge in [-0.15, -0.1) is 0 Å². The molecule has 0 aliphatic heterocycles. The maximum absolute atomic E-state index is 12.4. The fourth-order valence-corrected chi connectivity index (χ4v) is 2.58. The van der Waals surface area contributed by atoms with Gasteiger partial charge in [0.25, 0.3) is 11.8 Å². The number of benzene rings is 2. The van der Waals surface area contributed by atoms with Gasteiger partial charge in [-0.25, -0.2) is 0 Å². The lowest BCUT2D eigenvalue weighted by Gasteiger charge is -2.11. The van der Waals surface area contributed by atoms with Gasteiger partial charge < -0.3 is 10.6 Å². The second-order valence-corrected chi connectivity index (χ2v) is 6.54. The van der Waals surface area contributed by atoms with E-state index in [2.05, 4.69) is 26.6 Å². The summed E-state index contributed by atoms with van der Waals surface area (Å²) >= 11 is 3.40. The molecule has 2 aromatic carbocycles. The standard InChI is InChI=1S/C18H19BrN2O2/c1-11(2)20-17(22)13-5-4-6-14(10-13)18(23)21-16-8-7-15(19)9-12(16)3/h4-11H,1-3H3,(H,20,22)(H,21,23). The van der Waals surface area contributed by atoms with Crippen molar-refractivity contribution in [2.45, 2.75) is 26.8 Å². The van der Waals surface area contributed by atoms with Gasteiger partial charge in [0, 0.05) is 27.3 Å². The van der Waals surface area contributed by atoms with Crippen molar-refractivity contribution in [2.75, 3.05) is 5.32 Å². The van der Waals surface area contributed by atoms with Gasteiger partial charge in [0.15, 0.2) is 0 Å². The van der Waals surface area contributed by atoms with Gasteiger partial charge in [0.1, 0.15) is 0 Å². The molecule has 0 aromatic heterocycles. The number of rotatable bonds is 4. The van der Waals surface area contributed by atoms with Crippen LogP contribution < -0.4 is 10.6 Å². The Balaban J connectivity index is 2.18. The molecule has 120 valence electrons. The third-order valence-electron chi connectivity index (χ3n) is 3.24. The minimum Gasteiger partial charge on any atom is -0.350 e. The molecular formula is C18H19BrN2O2. The maximum Gasteiger partial charge on any atom is 0.255 e. The number of aryl methyl sites for hydroxylation is 1. The van der Waals surface area contributed by atoms with Crippen LogP contribution in [0.4, 0.5) is 5.69 Å². The molecular weight excluding hydrogens is 356 g/mol. The first-order valence-corrected chi connectivity index (χ1v) is 8.14. The lowest BCUT2D eigenvalue weighted by atomic mass is 10.1. The quantitative estimate of drug-likeness (QED) is 0.844. The van der Waals surface area contributed by atoms with Gasteiger partial charge in [-0.05, 0) is 62.7 Å². The van der Waals surface area contributed by atoms with E-state index in [-0.39, 0.29) is 17.9 Å². The molecule has 0 aliphatic rings. The van der Waals surface area contributed by atoms with Crippen LogP contribution in [0.3, 0.4) is 0 Å². The Bertz CT molecular complexity index is 742. The molecule has 0 radical (unpaired) electrons. The Morgan fingerprint density at radius 1 is 1.00 bits per heavy atom. The van der Waals surface area contributed by atoms with Crippen molar-refractivity contribution in [3.63, 3.8) is 0 Å². The minimum absolute atomic E-state index is 0.0467. The molecule has 2 N–H and O–H groups in total. The van der Waals surface area contributed by atoms with Gasteiger partial charge in [0.05, 0.1) is 0 Å². The summed E-state index contributed by atoms with van der Waals surface area (Å²) in [6.07, 6.45) is 0. The molecule has 0 unspecified atom stereocenters. The Morgan fingerprint density at radius 2 is 1.65 bits per heavy atom. The summed E-state index contributed by atoms with van der Waals surface area (Å²) in [5.74, 6) is -0.427. The molecule has 23 heavy (non-hydrogen) atoms. The molecule has 0 atom stereocenters. The average molecular weight is 375 g/mol. The summed E-state index contributed by atoms with van der Waals surface area (Å²) in [7, 11) is 0. The molecule has 2 amide bonds. The number of hydrogen-bond acceptors (Lipinski definition) is 2. The predicted molar refractivity (Wildman–Crippen MR) is 95.9 cm³/mol. The monoisotopic (exact) mass is 374 g/mol. The summed E-state index contributed by atoms with van der Waals surface area (Å²) in [6, 6.07) is 12.4. The topological polar surface area (TPSA) is 58.2 Å². The fourth-order valence-electron chi connectivity index (χ4n) is 2.11. The molecule has 0 aliphatic carbocycles. The second-order valence-electron chi connectivity index (χ2n) is 5.62. The van der Waals surface area contributed by atoms with E-state index in [0.29, 0.717) is 11.1 Å². The van der Waals surface area contributed by atoms with Gasteiger partial charge in [-0.3, -0.25) is 9.59 Å². The van der Waals surface area contributed by atoms with E-state index in [9.17, 15) is 9.59 Å². The highest BCUT2D eigenvalue weighted by atomic mass is 79.9. The Kier molecular flexibility index (Phi) is 5.55. The predicted octanol–water partition coefficient (Wildman–Crippen LogP) is 4.15. The molecule has 0 bridgehead atoms. The van der Waals surface area contributed by atoms with Crippen LogP contribution in [-0.2, 0) is 0 Å². The van der Waals surface area contributed by atoms with Crippen LogP contribution in [0.25, 0.3) is 0 Å². The molecule has 5 heteroatoms. The number of carbonyl (C=O) groups is 2. The van der Waals surface area contributed by atoms with Crippen LogP contribution in [0.5, 0.6) is 0 Å². The fraction of sp³-hybridized carbons (Fsp3) is 0.222. The average Bonchev–Trinajstić information content (AvgIpc) is 2.49. The summed E-state index contributed by atoms with van der Waals surface area (Å²) in [5, 5.41) is 5.68. The highest BCUT2D eigenvalue weighted by molar-refractivity contribution is 9.10. The van der Waals surface area contributed by atoms with Crippen molar-refractivity contribution in [1.82, 2.24) is 5.32 Å². The van der Waals surface area contributed by atoms with Crippen molar-refractivity contribution >= 4 is 33.4 Å². The minimum atomic E-state index is -0.241. The van der Waals surface area contributed by atoms with E-state index in [1.807, 2.05) is 39.0 Å². The Morgan fingerprint density at radius 3 is 2.26 bits per heavy atom. The van der Waals surface area contributed by atoms with Gasteiger partial charge in [-0.2, -0.15) is 0 Å². The summed E-state index contributed by atoms with van der Waals surface area (Å²) in [6.45, 7) is 5.71. The van der Waals surface area contributed by atoms with Crippen LogP contribution in [0.1, 0.15) is 40.1 Å². The van der Waals surface area contributed by atoms with Crippen molar-refractivity contribution in [2.24, 2.45) is 0 Å². The normalized spacial score (nSPS) is 10.5. The third kappa shape index (κ3) is 4.66. The Hall–Kier alpha value is -2.14. The molecule has 2 aromatic rings. The molecule has 2 rings (SSSR count). The Labute approximate surface area is 144 Å². The van der Waals surface area contributed by atoms with E-state index in [0.717, 1.165) is 15.7 Å². The van der Waals surface area contributed by atoms with Crippen molar-refractivity contribution < 1.29 is 9.59 Å². The summed E-state index contributed by atoms with van der Waals surface area (Å²) in [4.78, 5) is 24.4. The first-order chi connectivity index (χ1) is 10.9. The molecule has 0 heterocycles.